The molecule has 1 aromatic carbocycles. The number of halogens is 2. The van der Waals surface area contributed by atoms with Gasteiger partial charge >= 0.3 is 0 Å². The molecule has 0 atom stereocenters. The number of aromatic nitrogens is 1. The molecule has 2 aromatic rings. The molecule has 1 aliphatic heterocycles. The molecule has 0 unspecified atom stereocenters. The number of anilines is 1. The molecule has 0 saturated carbocycles. The van der Waals surface area contributed by atoms with Crippen LogP contribution in [0.15, 0.2) is 40.8 Å². The fraction of sp³-hybridized carbons (Fsp3) is 0.412. The van der Waals surface area contributed by atoms with E-state index in [1.807, 2.05) is 11.6 Å². The van der Waals surface area contributed by atoms with Gasteiger partial charge in [0.15, 0.2) is 11.1 Å². The second-order valence-corrected chi connectivity index (χ2v) is 6.56. The van der Waals surface area contributed by atoms with Gasteiger partial charge < -0.3 is 20.3 Å². The van der Waals surface area contributed by atoms with Crippen LogP contribution in [0, 0.1) is 5.82 Å². The number of thiazole rings is 1. The predicted octanol–water partition coefficient (Wildman–Crippen LogP) is 2.81. The van der Waals surface area contributed by atoms with Crippen LogP contribution in [0.1, 0.15) is 6.42 Å². The lowest BCUT2D eigenvalue weighted by Crippen LogP contribution is -2.51. The lowest BCUT2D eigenvalue weighted by Gasteiger charge is -2.35. The fourth-order valence-corrected chi connectivity index (χ4v) is 3.27. The summed E-state index contributed by atoms with van der Waals surface area (Å²) >= 11 is 1.66. The maximum Gasteiger partial charge on any atom is 0.191 e. The predicted molar refractivity (Wildman–Crippen MR) is 114 cm³/mol. The van der Waals surface area contributed by atoms with Gasteiger partial charge in [0.05, 0.1) is 6.61 Å². The van der Waals surface area contributed by atoms with E-state index in [2.05, 4.69) is 19.8 Å². The molecule has 0 spiro atoms. The van der Waals surface area contributed by atoms with E-state index in [9.17, 15) is 4.39 Å². The molecule has 1 aromatic heterocycles. The zero-order chi connectivity index (χ0) is 17.5. The number of hydrogen-bond donors (Lipinski definition) is 1. The Morgan fingerprint density at radius 3 is 2.62 bits per heavy atom. The van der Waals surface area contributed by atoms with Crippen LogP contribution in [0.2, 0.25) is 0 Å². The van der Waals surface area contributed by atoms with Gasteiger partial charge in [0.2, 0.25) is 0 Å². The van der Waals surface area contributed by atoms with Gasteiger partial charge in [0.25, 0.3) is 0 Å². The van der Waals surface area contributed by atoms with Gasteiger partial charge in [-0.25, -0.2) is 9.37 Å². The van der Waals surface area contributed by atoms with E-state index in [0.717, 1.165) is 37.7 Å². The number of benzene rings is 1. The van der Waals surface area contributed by atoms with Gasteiger partial charge in [-0.05, 0) is 24.3 Å². The Bertz CT molecular complexity index is 675. The molecule has 1 saturated heterocycles. The lowest BCUT2D eigenvalue weighted by atomic mass is 10.3. The minimum absolute atomic E-state index is 0. The SMILES string of the molecule is I.NC(=NCCCOc1ccc(F)cc1)N1CCN(c2nccs2)CC1. The number of ether oxygens (including phenoxy) is 1. The van der Waals surface area contributed by atoms with E-state index >= 15 is 0 Å². The average molecular weight is 491 g/mol. The normalized spacial score (nSPS) is 14.9. The first-order valence-electron chi connectivity index (χ1n) is 8.30. The second-order valence-electron chi connectivity index (χ2n) is 5.68. The summed E-state index contributed by atoms with van der Waals surface area (Å²) in [5.74, 6) is 0.983. The van der Waals surface area contributed by atoms with Crippen molar-refractivity contribution in [3.05, 3.63) is 41.7 Å². The molecule has 9 heteroatoms. The number of rotatable bonds is 6. The summed E-state index contributed by atoms with van der Waals surface area (Å²) in [7, 11) is 0. The molecule has 0 radical (unpaired) electrons. The maximum atomic E-state index is 12.8. The van der Waals surface area contributed by atoms with Crippen LogP contribution in [0.3, 0.4) is 0 Å². The molecule has 1 fully saturated rings. The summed E-state index contributed by atoms with van der Waals surface area (Å²) in [6.45, 7) is 4.64. The van der Waals surface area contributed by atoms with Gasteiger partial charge in [0.1, 0.15) is 11.6 Å². The fourth-order valence-electron chi connectivity index (χ4n) is 2.58. The van der Waals surface area contributed by atoms with E-state index in [1.165, 1.54) is 12.1 Å². The number of nitrogens with zero attached hydrogens (tertiary/aromatic N) is 4. The standard InChI is InChI=1S/C17H22FN5OS.HI/c18-14-2-4-15(5-3-14)24-12-1-6-20-16(19)22-8-10-23(11-9-22)17-21-7-13-25-17;/h2-5,7,13H,1,6,8-12H2,(H2,19,20);1H. The molecular formula is C17H23FIN5OS. The number of nitrogens with two attached hydrogens (primary N) is 1. The maximum absolute atomic E-state index is 12.8. The smallest absolute Gasteiger partial charge is 0.191 e. The van der Waals surface area contributed by atoms with Gasteiger partial charge in [-0.15, -0.1) is 35.3 Å². The highest BCUT2D eigenvalue weighted by Crippen LogP contribution is 2.18. The summed E-state index contributed by atoms with van der Waals surface area (Å²) in [6.07, 6.45) is 2.59. The molecule has 26 heavy (non-hydrogen) atoms. The molecule has 142 valence electrons. The van der Waals surface area contributed by atoms with E-state index in [1.54, 1.807) is 23.5 Å². The molecule has 0 aliphatic carbocycles. The number of hydrogen-bond acceptors (Lipinski definition) is 5. The van der Waals surface area contributed by atoms with Crippen molar-refractivity contribution in [2.75, 3.05) is 44.2 Å². The lowest BCUT2D eigenvalue weighted by molar-refractivity contribution is 0.312. The zero-order valence-electron chi connectivity index (χ0n) is 14.4. The third-order valence-electron chi connectivity index (χ3n) is 3.95. The van der Waals surface area contributed by atoms with Crippen molar-refractivity contribution in [1.29, 1.82) is 0 Å². The van der Waals surface area contributed by atoms with Crippen LogP contribution in [-0.2, 0) is 0 Å². The molecule has 3 rings (SSSR count). The molecule has 6 nitrogen and oxygen atoms in total. The van der Waals surface area contributed by atoms with Crippen LogP contribution < -0.4 is 15.4 Å². The summed E-state index contributed by atoms with van der Waals surface area (Å²) in [5, 5.41) is 3.05. The highest BCUT2D eigenvalue weighted by Gasteiger charge is 2.19. The van der Waals surface area contributed by atoms with Crippen molar-refractivity contribution in [3.8, 4) is 5.75 Å². The van der Waals surface area contributed by atoms with Crippen molar-refractivity contribution >= 4 is 46.4 Å². The van der Waals surface area contributed by atoms with Crippen molar-refractivity contribution in [1.82, 2.24) is 9.88 Å². The van der Waals surface area contributed by atoms with E-state index in [-0.39, 0.29) is 29.8 Å². The van der Waals surface area contributed by atoms with Gasteiger partial charge in [-0.2, -0.15) is 0 Å². The molecule has 0 amide bonds. The quantitative estimate of drug-likeness (QED) is 0.292. The van der Waals surface area contributed by atoms with Crippen molar-refractivity contribution in [2.45, 2.75) is 6.42 Å². The Kier molecular flexibility index (Phi) is 8.36. The molecule has 2 heterocycles. The van der Waals surface area contributed by atoms with Crippen LogP contribution in [0.5, 0.6) is 5.75 Å². The third kappa shape index (κ3) is 5.97. The van der Waals surface area contributed by atoms with Crippen LogP contribution in [0.25, 0.3) is 0 Å². The highest BCUT2D eigenvalue weighted by atomic mass is 127. The minimum atomic E-state index is -0.264. The van der Waals surface area contributed by atoms with Crippen molar-refractivity contribution in [3.63, 3.8) is 0 Å². The van der Waals surface area contributed by atoms with E-state index < -0.39 is 0 Å². The average Bonchev–Trinajstić information content (AvgIpc) is 3.18. The number of piperazine rings is 1. The first-order chi connectivity index (χ1) is 12.2. The second kappa shape index (κ2) is 10.5. The third-order valence-corrected chi connectivity index (χ3v) is 4.78. The highest BCUT2D eigenvalue weighted by molar-refractivity contribution is 14.0. The Balaban J connectivity index is 0.00000243. The Morgan fingerprint density at radius 1 is 1.23 bits per heavy atom. The Labute approximate surface area is 173 Å². The topological polar surface area (TPSA) is 67.0 Å². The summed E-state index contributed by atoms with van der Waals surface area (Å²) in [5.41, 5.74) is 6.08. The van der Waals surface area contributed by atoms with Crippen LogP contribution >= 0.6 is 35.3 Å². The number of aliphatic imine (C=N–C) groups is 1. The zero-order valence-corrected chi connectivity index (χ0v) is 17.5. The Morgan fingerprint density at radius 2 is 1.96 bits per heavy atom. The minimum Gasteiger partial charge on any atom is -0.494 e. The monoisotopic (exact) mass is 491 g/mol. The van der Waals surface area contributed by atoms with Crippen LogP contribution in [0.4, 0.5) is 9.52 Å². The number of guanidine groups is 1. The van der Waals surface area contributed by atoms with E-state index in [4.69, 9.17) is 10.5 Å². The molecular weight excluding hydrogens is 468 g/mol. The molecule has 0 bridgehead atoms. The van der Waals surface area contributed by atoms with Crippen molar-refractivity contribution in [2.24, 2.45) is 10.7 Å². The Hall–Kier alpha value is -1.62. The van der Waals surface area contributed by atoms with Gasteiger partial charge in [0, 0.05) is 50.7 Å². The van der Waals surface area contributed by atoms with E-state index in [0.29, 0.717) is 24.9 Å². The van der Waals surface area contributed by atoms with Gasteiger partial charge in [-0.3, -0.25) is 4.99 Å². The molecule has 1 aliphatic rings. The first kappa shape index (κ1) is 20.7. The van der Waals surface area contributed by atoms with Crippen molar-refractivity contribution < 1.29 is 9.13 Å². The van der Waals surface area contributed by atoms with Gasteiger partial charge in [-0.1, -0.05) is 0 Å². The van der Waals surface area contributed by atoms with Crippen LogP contribution in [-0.4, -0.2) is 55.2 Å². The largest absolute Gasteiger partial charge is 0.494 e. The summed E-state index contributed by atoms with van der Waals surface area (Å²) in [4.78, 5) is 13.1. The summed E-state index contributed by atoms with van der Waals surface area (Å²) in [6, 6.07) is 6.01. The molecule has 2 N–H and O–H groups in total. The summed E-state index contributed by atoms with van der Waals surface area (Å²) < 4.78 is 18.3. The first-order valence-corrected chi connectivity index (χ1v) is 9.18.